The summed E-state index contributed by atoms with van der Waals surface area (Å²) >= 11 is 7.77. The zero-order valence-electron chi connectivity index (χ0n) is 9.14. The molecule has 0 saturated heterocycles. The highest BCUT2D eigenvalue weighted by molar-refractivity contribution is 7.21. The first-order valence-electron chi connectivity index (χ1n) is 5.21. The van der Waals surface area contributed by atoms with Crippen LogP contribution < -0.4 is 0 Å². The second-order valence-corrected chi connectivity index (χ2v) is 5.28. The maximum Gasteiger partial charge on any atom is 0.126 e. The van der Waals surface area contributed by atoms with Crippen LogP contribution in [-0.2, 0) is 0 Å². The smallest absolute Gasteiger partial charge is 0.126 e. The average molecular weight is 261 g/mol. The van der Waals surface area contributed by atoms with Crippen molar-refractivity contribution < 1.29 is 0 Å². The van der Waals surface area contributed by atoms with E-state index >= 15 is 0 Å². The van der Waals surface area contributed by atoms with Crippen LogP contribution in [0.25, 0.3) is 20.8 Å². The maximum absolute atomic E-state index is 6.12. The van der Waals surface area contributed by atoms with Crippen LogP contribution in [0.4, 0.5) is 0 Å². The zero-order chi connectivity index (χ0) is 11.8. The fraction of sp³-hybridized carbons (Fsp3) is 0.0769. The molecular weight excluding hydrogens is 252 g/mol. The predicted molar refractivity (Wildman–Crippen MR) is 72.6 cm³/mol. The predicted octanol–water partition coefficient (Wildman–Crippen LogP) is 4.32. The molecule has 3 rings (SSSR count). The van der Waals surface area contributed by atoms with Gasteiger partial charge in [0.05, 0.1) is 15.2 Å². The van der Waals surface area contributed by atoms with Crippen molar-refractivity contribution >= 4 is 33.2 Å². The molecule has 2 aromatic heterocycles. The summed E-state index contributed by atoms with van der Waals surface area (Å²) in [5, 5.41) is 1.58. The molecule has 4 heteroatoms. The Kier molecular flexibility index (Phi) is 2.57. The molecule has 0 atom stereocenters. The lowest BCUT2D eigenvalue weighted by Gasteiger charge is -1.96. The van der Waals surface area contributed by atoms with Gasteiger partial charge in [-0.05, 0) is 30.7 Å². The number of aryl methyl sites for hydroxylation is 1. The number of halogens is 1. The van der Waals surface area contributed by atoms with E-state index in [9.17, 15) is 0 Å². The molecule has 0 radical (unpaired) electrons. The van der Waals surface area contributed by atoms with E-state index in [4.69, 9.17) is 11.6 Å². The van der Waals surface area contributed by atoms with Crippen molar-refractivity contribution in [1.82, 2.24) is 9.97 Å². The third-order valence-corrected chi connectivity index (χ3v) is 3.92. The number of fused-ring (bicyclic) bond motifs is 1. The number of hydrogen-bond donors (Lipinski definition) is 0. The maximum atomic E-state index is 6.12. The van der Waals surface area contributed by atoms with Crippen LogP contribution in [-0.4, -0.2) is 9.97 Å². The molecule has 0 aliphatic carbocycles. The first-order chi connectivity index (χ1) is 8.24. The number of rotatable bonds is 1. The zero-order valence-corrected chi connectivity index (χ0v) is 10.7. The molecular formula is C13H9ClN2S. The summed E-state index contributed by atoms with van der Waals surface area (Å²) in [5.41, 5.74) is 3.19. The number of hydrogen-bond acceptors (Lipinski definition) is 3. The molecule has 0 aliphatic rings. The first kappa shape index (κ1) is 10.7. The van der Waals surface area contributed by atoms with Gasteiger partial charge in [-0.15, -0.1) is 11.3 Å². The van der Waals surface area contributed by atoms with Crippen LogP contribution in [0.1, 0.15) is 5.56 Å². The van der Waals surface area contributed by atoms with E-state index in [2.05, 4.69) is 35.1 Å². The van der Waals surface area contributed by atoms with Crippen molar-refractivity contribution in [2.24, 2.45) is 0 Å². The number of pyridine rings is 1. The monoisotopic (exact) mass is 260 g/mol. The van der Waals surface area contributed by atoms with Gasteiger partial charge in [-0.3, -0.25) is 4.98 Å². The Labute approximate surface area is 108 Å². The summed E-state index contributed by atoms with van der Waals surface area (Å²) in [6.45, 7) is 2.07. The molecule has 0 N–H and O–H groups in total. The summed E-state index contributed by atoms with van der Waals surface area (Å²) in [6, 6.07) is 8.18. The van der Waals surface area contributed by atoms with Gasteiger partial charge in [0.1, 0.15) is 5.01 Å². The van der Waals surface area contributed by atoms with Gasteiger partial charge in [0.15, 0.2) is 0 Å². The molecule has 0 aliphatic heterocycles. The van der Waals surface area contributed by atoms with E-state index < -0.39 is 0 Å². The second-order valence-electron chi connectivity index (χ2n) is 3.85. The molecule has 84 valence electrons. The van der Waals surface area contributed by atoms with Crippen LogP contribution in [0.5, 0.6) is 0 Å². The van der Waals surface area contributed by atoms with Gasteiger partial charge >= 0.3 is 0 Å². The highest BCUT2D eigenvalue weighted by atomic mass is 35.5. The summed E-state index contributed by atoms with van der Waals surface area (Å²) in [7, 11) is 0. The van der Waals surface area contributed by atoms with E-state index in [1.807, 2.05) is 6.07 Å². The summed E-state index contributed by atoms with van der Waals surface area (Å²) < 4.78 is 1.18. The Hall–Kier alpha value is -1.45. The normalized spacial score (nSPS) is 10.9. The third kappa shape index (κ3) is 1.92. The number of benzene rings is 1. The first-order valence-corrected chi connectivity index (χ1v) is 6.40. The number of thiazole rings is 1. The van der Waals surface area contributed by atoms with Crippen molar-refractivity contribution in [3.05, 3.63) is 47.2 Å². The van der Waals surface area contributed by atoms with Crippen LogP contribution >= 0.6 is 22.9 Å². The molecule has 0 bridgehead atoms. The highest BCUT2D eigenvalue weighted by Crippen LogP contribution is 2.33. The van der Waals surface area contributed by atoms with Crippen molar-refractivity contribution in [2.45, 2.75) is 6.92 Å². The second kappa shape index (κ2) is 4.09. The van der Waals surface area contributed by atoms with Crippen molar-refractivity contribution in [2.75, 3.05) is 0 Å². The van der Waals surface area contributed by atoms with Gasteiger partial charge in [-0.2, -0.15) is 0 Å². The molecule has 17 heavy (non-hydrogen) atoms. The summed E-state index contributed by atoms with van der Waals surface area (Å²) in [6.07, 6.45) is 3.38. The van der Waals surface area contributed by atoms with Crippen molar-refractivity contribution in [3.63, 3.8) is 0 Å². The molecule has 2 heterocycles. The van der Waals surface area contributed by atoms with Gasteiger partial charge in [0.25, 0.3) is 0 Å². The van der Waals surface area contributed by atoms with Gasteiger partial charge in [0.2, 0.25) is 0 Å². The Balaban J connectivity index is 2.22. The van der Waals surface area contributed by atoms with E-state index in [1.54, 1.807) is 23.7 Å². The molecule has 0 amide bonds. The molecule has 1 aromatic carbocycles. The molecule has 0 unspecified atom stereocenters. The quantitative estimate of drug-likeness (QED) is 0.651. The molecule has 0 saturated carbocycles. The van der Waals surface area contributed by atoms with Crippen LogP contribution in [0.15, 0.2) is 36.7 Å². The van der Waals surface area contributed by atoms with E-state index in [0.29, 0.717) is 5.02 Å². The summed E-state index contributed by atoms with van der Waals surface area (Å²) in [5.74, 6) is 0. The van der Waals surface area contributed by atoms with E-state index in [-0.39, 0.29) is 0 Å². The molecule has 2 nitrogen and oxygen atoms in total. The van der Waals surface area contributed by atoms with Gasteiger partial charge in [-0.25, -0.2) is 4.98 Å². The lowest BCUT2D eigenvalue weighted by Crippen LogP contribution is -1.79. The van der Waals surface area contributed by atoms with Crippen LogP contribution in [0, 0.1) is 6.92 Å². The SMILES string of the molecule is Cc1ccc2sc(-c3ccncc3Cl)nc2c1. The Morgan fingerprint density at radius 2 is 2.12 bits per heavy atom. The number of nitrogens with zero attached hydrogens (tertiary/aromatic N) is 2. The molecule has 0 fully saturated rings. The Morgan fingerprint density at radius 3 is 2.94 bits per heavy atom. The fourth-order valence-corrected chi connectivity index (χ4v) is 2.95. The largest absolute Gasteiger partial charge is 0.263 e. The van der Waals surface area contributed by atoms with Crippen molar-refractivity contribution in [1.29, 1.82) is 0 Å². The Bertz CT molecular complexity index is 691. The van der Waals surface area contributed by atoms with Crippen LogP contribution in [0.2, 0.25) is 5.02 Å². The Morgan fingerprint density at radius 1 is 1.24 bits per heavy atom. The van der Waals surface area contributed by atoms with Gasteiger partial charge in [-0.1, -0.05) is 17.7 Å². The lowest BCUT2D eigenvalue weighted by atomic mass is 10.2. The van der Waals surface area contributed by atoms with E-state index in [0.717, 1.165) is 16.1 Å². The minimum absolute atomic E-state index is 0.642. The lowest BCUT2D eigenvalue weighted by molar-refractivity contribution is 1.32. The molecule has 3 aromatic rings. The minimum Gasteiger partial charge on any atom is -0.263 e. The third-order valence-electron chi connectivity index (χ3n) is 2.55. The molecule has 0 spiro atoms. The van der Waals surface area contributed by atoms with Crippen molar-refractivity contribution in [3.8, 4) is 10.6 Å². The summed E-state index contributed by atoms with van der Waals surface area (Å²) in [4.78, 5) is 8.59. The average Bonchev–Trinajstić information content (AvgIpc) is 2.72. The van der Waals surface area contributed by atoms with Crippen LogP contribution in [0.3, 0.4) is 0 Å². The van der Waals surface area contributed by atoms with Gasteiger partial charge in [0, 0.05) is 18.0 Å². The standard InChI is InChI=1S/C13H9ClN2S/c1-8-2-3-12-11(6-8)16-13(17-12)9-4-5-15-7-10(9)14/h2-7H,1H3. The highest BCUT2D eigenvalue weighted by Gasteiger charge is 2.09. The minimum atomic E-state index is 0.642. The van der Waals surface area contributed by atoms with Gasteiger partial charge < -0.3 is 0 Å². The topological polar surface area (TPSA) is 25.8 Å². The number of aromatic nitrogens is 2. The fourth-order valence-electron chi connectivity index (χ4n) is 1.70. The van der Waals surface area contributed by atoms with E-state index in [1.165, 1.54) is 10.3 Å².